The Morgan fingerprint density at radius 2 is 2.13 bits per heavy atom. The van der Waals surface area contributed by atoms with Crippen LogP contribution in [0.1, 0.15) is 32.6 Å². The van der Waals surface area contributed by atoms with Gasteiger partial charge < -0.3 is 10.4 Å². The molecule has 0 saturated carbocycles. The van der Waals surface area contributed by atoms with Crippen LogP contribution in [0.4, 0.5) is 0 Å². The number of aryl methyl sites for hydroxylation is 1. The fourth-order valence-electron chi connectivity index (χ4n) is 1.19. The Morgan fingerprint density at radius 1 is 1.53 bits per heavy atom. The van der Waals surface area contributed by atoms with Gasteiger partial charge in [0.15, 0.2) is 4.60 Å². The molecule has 0 radical (unpaired) electrons. The van der Waals surface area contributed by atoms with Gasteiger partial charge in [0.25, 0.3) is 0 Å². The van der Waals surface area contributed by atoms with Crippen molar-refractivity contribution in [3.8, 4) is 0 Å². The van der Waals surface area contributed by atoms with Gasteiger partial charge in [0.05, 0.1) is 0 Å². The molecular formula is C9H17BrN4O. The van der Waals surface area contributed by atoms with E-state index >= 15 is 0 Å². The highest BCUT2D eigenvalue weighted by Crippen LogP contribution is 2.20. The highest BCUT2D eigenvalue weighted by atomic mass is 79.9. The predicted molar refractivity (Wildman–Crippen MR) is 61.4 cm³/mol. The number of aliphatic hydroxyl groups excluding tert-OH is 1. The zero-order valence-electron chi connectivity index (χ0n) is 9.45. The van der Waals surface area contributed by atoms with Gasteiger partial charge in [0, 0.05) is 19.1 Å². The molecule has 0 fully saturated rings. The smallest absolute Gasteiger partial charge is 0.154 e. The predicted octanol–water partition coefficient (Wildman–Crippen LogP) is 0.999. The second-order valence-electron chi connectivity index (χ2n) is 4.54. The molecule has 1 rings (SSSR count). The number of nitrogens with zero attached hydrogens (tertiary/aromatic N) is 3. The number of hydrogen-bond acceptors (Lipinski definition) is 4. The second-order valence-corrected chi connectivity index (χ2v) is 5.29. The van der Waals surface area contributed by atoms with Gasteiger partial charge in [0.1, 0.15) is 11.8 Å². The van der Waals surface area contributed by atoms with Crippen molar-refractivity contribution in [3.63, 3.8) is 0 Å². The summed E-state index contributed by atoms with van der Waals surface area (Å²) in [5.74, 6) is 0. The van der Waals surface area contributed by atoms with Crippen LogP contribution in [-0.2, 0) is 7.05 Å². The Balaban J connectivity index is 2.65. The molecule has 1 atom stereocenters. The van der Waals surface area contributed by atoms with Crippen LogP contribution in [-0.4, -0.2) is 32.2 Å². The lowest BCUT2D eigenvalue weighted by Gasteiger charge is -2.22. The molecule has 0 aliphatic heterocycles. The Morgan fingerprint density at radius 3 is 2.53 bits per heavy atom. The largest absolute Gasteiger partial charge is 0.385 e. The summed E-state index contributed by atoms with van der Waals surface area (Å²) in [6.45, 7) is 6.63. The average Bonchev–Trinajstić information content (AvgIpc) is 2.41. The number of aromatic nitrogens is 3. The first-order valence-corrected chi connectivity index (χ1v) is 5.59. The Kier molecular flexibility index (Phi) is 3.86. The summed E-state index contributed by atoms with van der Waals surface area (Å²) >= 11 is 3.26. The van der Waals surface area contributed by atoms with E-state index in [2.05, 4.69) is 52.3 Å². The zero-order valence-corrected chi connectivity index (χ0v) is 11.0. The van der Waals surface area contributed by atoms with Crippen LogP contribution in [0.15, 0.2) is 4.60 Å². The van der Waals surface area contributed by atoms with Crippen molar-refractivity contribution in [2.45, 2.75) is 32.4 Å². The standard InChI is InChI=1S/C9H17BrN4O/c1-9(2,3)11-5-6(15)7-8(10)12-13-14(7)4/h6,11,15H,5H2,1-4H3. The number of aliphatic hydroxyl groups is 1. The minimum absolute atomic E-state index is 0.0144. The molecule has 1 aromatic heterocycles. The first kappa shape index (κ1) is 12.6. The molecule has 6 heteroatoms. The van der Waals surface area contributed by atoms with Gasteiger partial charge in [-0.1, -0.05) is 5.21 Å². The van der Waals surface area contributed by atoms with E-state index in [0.717, 1.165) is 0 Å². The van der Waals surface area contributed by atoms with Crippen LogP contribution in [0.25, 0.3) is 0 Å². The number of β-amino-alcohol motifs (C(OH)–C–C–N with tert-alkyl or cyclic N) is 1. The molecule has 2 N–H and O–H groups in total. The Hall–Kier alpha value is -0.460. The van der Waals surface area contributed by atoms with Gasteiger partial charge in [-0.05, 0) is 36.7 Å². The molecule has 0 amide bonds. The van der Waals surface area contributed by atoms with Gasteiger partial charge >= 0.3 is 0 Å². The maximum atomic E-state index is 9.94. The number of nitrogens with one attached hydrogen (secondary N) is 1. The average molecular weight is 277 g/mol. The number of rotatable bonds is 3. The van der Waals surface area contributed by atoms with E-state index in [0.29, 0.717) is 16.8 Å². The zero-order chi connectivity index (χ0) is 11.6. The van der Waals surface area contributed by atoms with E-state index in [9.17, 15) is 5.11 Å². The summed E-state index contributed by atoms with van der Waals surface area (Å²) in [6.07, 6.45) is -0.612. The molecule has 0 aliphatic rings. The second kappa shape index (κ2) is 4.59. The van der Waals surface area contributed by atoms with Crippen molar-refractivity contribution in [2.24, 2.45) is 7.05 Å². The van der Waals surface area contributed by atoms with Crippen LogP contribution in [0.3, 0.4) is 0 Å². The van der Waals surface area contributed by atoms with E-state index in [4.69, 9.17) is 0 Å². The number of hydrogen-bond donors (Lipinski definition) is 2. The van der Waals surface area contributed by atoms with E-state index in [1.165, 1.54) is 0 Å². The summed E-state index contributed by atoms with van der Waals surface area (Å²) in [4.78, 5) is 0. The van der Waals surface area contributed by atoms with E-state index in [1.807, 2.05) is 0 Å². The summed E-state index contributed by atoms with van der Waals surface area (Å²) in [5.41, 5.74) is 0.672. The summed E-state index contributed by atoms with van der Waals surface area (Å²) in [7, 11) is 1.76. The third-order valence-corrected chi connectivity index (χ3v) is 2.53. The minimum Gasteiger partial charge on any atom is -0.385 e. The lowest BCUT2D eigenvalue weighted by Crippen LogP contribution is -2.38. The third kappa shape index (κ3) is 3.55. The lowest BCUT2D eigenvalue weighted by atomic mass is 10.1. The summed E-state index contributed by atoms with van der Waals surface area (Å²) in [5, 5.41) is 20.8. The molecular weight excluding hydrogens is 260 g/mol. The van der Waals surface area contributed by atoms with Crippen molar-refractivity contribution in [2.75, 3.05) is 6.54 Å². The molecule has 1 unspecified atom stereocenters. The molecule has 1 heterocycles. The maximum absolute atomic E-state index is 9.94. The number of halogens is 1. The molecule has 86 valence electrons. The van der Waals surface area contributed by atoms with Gasteiger partial charge in [-0.15, -0.1) is 5.10 Å². The summed E-state index contributed by atoms with van der Waals surface area (Å²) < 4.78 is 2.16. The van der Waals surface area contributed by atoms with Crippen molar-refractivity contribution in [1.82, 2.24) is 20.3 Å². The highest BCUT2D eigenvalue weighted by Gasteiger charge is 2.19. The first-order valence-electron chi connectivity index (χ1n) is 4.79. The van der Waals surface area contributed by atoms with Crippen LogP contribution in [0.5, 0.6) is 0 Å². The van der Waals surface area contributed by atoms with Crippen molar-refractivity contribution >= 4 is 15.9 Å². The van der Waals surface area contributed by atoms with Crippen LogP contribution >= 0.6 is 15.9 Å². The van der Waals surface area contributed by atoms with E-state index < -0.39 is 6.10 Å². The Labute approximate surface area is 98.0 Å². The molecule has 0 bridgehead atoms. The third-order valence-electron chi connectivity index (χ3n) is 1.97. The normalized spacial score (nSPS) is 14.3. The van der Waals surface area contributed by atoms with Gasteiger partial charge in [0.2, 0.25) is 0 Å². The molecule has 0 spiro atoms. The van der Waals surface area contributed by atoms with Crippen molar-refractivity contribution in [1.29, 1.82) is 0 Å². The topological polar surface area (TPSA) is 63.0 Å². The fourth-order valence-corrected chi connectivity index (χ4v) is 1.78. The van der Waals surface area contributed by atoms with Gasteiger partial charge in [-0.2, -0.15) is 0 Å². The fraction of sp³-hybridized carbons (Fsp3) is 0.778. The van der Waals surface area contributed by atoms with Crippen LogP contribution < -0.4 is 5.32 Å². The van der Waals surface area contributed by atoms with E-state index in [1.54, 1.807) is 11.7 Å². The van der Waals surface area contributed by atoms with Crippen LogP contribution in [0, 0.1) is 0 Å². The quantitative estimate of drug-likeness (QED) is 0.865. The highest BCUT2D eigenvalue weighted by molar-refractivity contribution is 9.10. The van der Waals surface area contributed by atoms with Gasteiger partial charge in [-0.25, -0.2) is 4.68 Å². The van der Waals surface area contributed by atoms with Crippen LogP contribution in [0.2, 0.25) is 0 Å². The molecule has 0 saturated heterocycles. The Bertz CT molecular complexity index is 312. The lowest BCUT2D eigenvalue weighted by molar-refractivity contribution is 0.154. The minimum atomic E-state index is -0.612. The first-order chi connectivity index (χ1) is 6.81. The molecule has 1 aromatic rings. The monoisotopic (exact) mass is 276 g/mol. The van der Waals surface area contributed by atoms with Crippen molar-refractivity contribution in [3.05, 3.63) is 10.3 Å². The summed E-state index contributed by atoms with van der Waals surface area (Å²) in [6, 6.07) is 0. The maximum Gasteiger partial charge on any atom is 0.154 e. The molecule has 0 aliphatic carbocycles. The van der Waals surface area contributed by atoms with E-state index in [-0.39, 0.29) is 5.54 Å². The molecule has 15 heavy (non-hydrogen) atoms. The van der Waals surface area contributed by atoms with Gasteiger partial charge in [-0.3, -0.25) is 0 Å². The SMILES string of the molecule is Cn1nnc(Br)c1C(O)CNC(C)(C)C. The van der Waals surface area contributed by atoms with Crippen molar-refractivity contribution < 1.29 is 5.11 Å². The molecule has 5 nitrogen and oxygen atoms in total. The molecule has 0 aromatic carbocycles.